The lowest BCUT2D eigenvalue weighted by molar-refractivity contribution is -0.134. The Morgan fingerprint density at radius 3 is 2.64 bits per heavy atom. The zero-order valence-electron chi connectivity index (χ0n) is 26.5. The number of benzene rings is 1. The van der Waals surface area contributed by atoms with Gasteiger partial charge in [-0.3, -0.25) is 9.59 Å². The normalized spacial score (nSPS) is 26.1. The van der Waals surface area contributed by atoms with E-state index in [0.717, 1.165) is 19.4 Å². The van der Waals surface area contributed by atoms with Crippen molar-refractivity contribution in [2.24, 2.45) is 5.92 Å². The van der Waals surface area contributed by atoms with Crippen molar-refractivity contribution in [2.75, 3.05) is 72.9 Å². The first-order chi connectivity index (χ1) is 21.2. The van der Waals surface area contributed by atoms with Crippen molar-refractivity contribution in [3.63, 3.8) is 0 Å². The molecule has 5 atom stereocenters. The fraction of sp³-hybridized carbons (Fsp3) is 0.750. The molecule has 12 heteroatoms. The number of hydrogen-bond donors (Lipinski definition) is 3. The molecule has 0 radical (unpaired) electrons. The molecule has 2 aliphatic rings. The van der Waals surface area contributed by atoms with E-state index in [1.54, 1.807) is 11.0 Å². The Labute approximate surface area is 261 Å². The Bertz CT molecular complexity index is 996. The van der Waals surface area contributed by atoms with E-state index in [-0.39, 0.29) is 55.8 Å². The van der Waals surface area contributed by atoms with Gasteiger partial charge in [-0.05, 0) is 50.2 Å². The second-order valence-corrected chi connectivity index (χ2v) is 12.1. The molecule has 2 aliphatic heterocycles. The summed E-state index contributed by atoms with van der Waals surface area (Å²) >= 11 is 0. The van der Waals surface area contributed by atoms with E-state index in [1.165, 1.54) is 30.2 Å². The van der Waals surface area contributed by atoms with E-state index < -0.39 is 30.0 Å². The molecule has 1 unspecified atom stereocenters. The van der Waals surface area contributed by atoms with Gasteiger partial charge in [-0.2, -0.15) is 0 Å². The van der Waals surface area contributed by atoms with E-state index in [2.05, 4.69) is 5.32 Å². The van der Waals surface area contributed by atoms with Crippen molar-refractivity contribution in [3.05, 3.63) is 35.6 Å². The van der Waals surface area contributed by atoms with Crippen LogP contribution in [-0.4, -0.2) is 135 Å². The van der Waals surface area contributed by atoms with Gasteiger partial charge in [-0.1, -0.05) is 26.0 Å². The number of carbonyl (C=O) groups excluding carboxylic acids is 2. The quantitative estimate of drug-likeness (QED) is 0.316. The minimum absolute atomic E-state index is 0.0980. The second-order valence-electron chi connectivity index (χ2n) is 12.1. The standard InChI is InChI=1S/C32H52FN3O8/c1-23(2)17-24-19-35(32(40)26-10-4-5-11-27(26)33)20-29(41-3)31(39)28(37)22-42-14-7-6-13-36(24)30(38)18-34-12-16-43-21-25-9-8-15-44-25/h4-5,10-11,23-25,28-29,31,34,37,39H,6-9,12-22H2,1-3H3/t24-,25?,28-,29-,31-/m1/s1. The van der Waals surface area contributed by atoms with Crippen LogP contribution in [0.3, 0.4) is 0 Å². The van der Waals surface area contributed by atoms with Gasteiger partial charge in [0.15, 0.2) is 0 Å². The molecule has 0 aliphatic carbocycles. The Hall–Kier alpha value is -2.19. The molecule has 2 heterocycles. The fourth-order valence-electron chi connectivity index (χ4n) is 5.66. The highest BCUT2D eigenvalue weighted by Crippen LogP contribution is 2.20. The molecule has 11 nitrogen and oxygen atoms in total. The number of nitrogens with zero attached hydrogens (tertiary/aromatic N) is 2. The SMILES string of the molecule is CO[C@@H]1CN(C(=O)c2ccccc2F)C[C@@H](CC(C)C)N(C(=O)CNCCOCC2CCCO2)CCCCOC[C@@H](O)[C@H]1O. The third kappa shape index (κ3) is 11.6. The summed E-state index contributed by atoms with van der Waals surface area (Å²) in [6.45, 7) is 7.13. The van der Waals surface area contributed by atoms with E-state index in [4.69, 9.17) is 18.9 Å². The average molecular weight is 626 g/mol. The first-order valence-corrected chi connectivity index (χ1v) is 15.9. The number of halogens is 1. The summed E-state index contributed by atoms with van der Waals surface area (Å²) in [5.41, 5.74) is -0.118. The molecule has 3 N–H and O–H groups in total. The van der Waals surface area contributed by atoms with Gasteiger partial charge in [-0.25, -0.2) is 4.39 Å². The molecule has 2 fully saturated rings. The monoisotopic (exact) mass is 625 g/mol. The lowest BCUT2D eigenvalue weighted by atomic mass is 9.99. The van der Waals surface area contributed by atoms with Gasteiger partial charge in [0.05, 0.1) is 38.0 Å². The molecule has 250 valence electrons. The molecule has 0 spiro atoms. The third-order valence-electron chi connectivity index (χ3n) is 8.06. The minimum atomic E-state index is -1.35. The molecule has 1 aromatic carbocycles. The Morgan fingerprint density at radius 1 is 1.14 bits per heavy atom. The van der Waals surface area contributed by atoms with E-state index >= 15 is 0 Å². The summed E-state index contributed by atoms with van der Waals surface area (Å²) in [6, 6.07) is 5.34. The van der Waals surface area contributed by atoms with Crippen LogP contribution in [-0.2, 0) is 23.7 Å². The highest BCUT2D eigenvalue weighted by atomic mass is 19.1. The Balaban J connectivity index is 1.80. The second kappa shape index (κ2) is 19.4. The number of nitrogens with one attached hydrogen (secondary N) is 1. The molecule has 0 aromatic heterocycles. The lowest BCUT2D eigenvalue weighted by Gasteiger charge is -2.39. The number of aliphatic hydroxyl groups excluding tert-OH is 2. The van der Waals surface area contributed by atoms with Gasteiger partial charge in [0, 0.05) is 52.5 Å². The van der Waals surface area contributed by atoms with Crippen LogP contribution in [0.2, 0.25) is 0 Å². The van der Waals surface area contributed by atoms with Crippen LogP contribution in [0.4, 0.5) is 4.39 Å². The number of carbonyl (C=O) groups is 2. The molecule has 2 amide bonds. The van der Waals surface area contributed by atoms with Gasteiger partial charge in [-0.15, -0.1) is 0 Å². The van der Waals surface area contributed by atoms with Gasteiger partial charge >= 0.3 is 0 Å². The number of amides is 2. The highest BCUT2D eigenvalue weighted by molar-refractivity contribution is 5.94. The first kappa shape index (κ1) is 36.3. The zero-order chi connectivity index (χ0) is 31.9. The van der Waals surface area contributed by atoms with Crippen LogP contribution < -0.4 is 5.32 Å². The van der Waals surface area contributed by atoms with Crippen LogP contribution in [0.1, 0.15) is 56.3 Å². The van der Waals surface area contributed by atoms with Crippen molar-refractivity contribution >= 4 is 11.8 Å². The Morgan fingerprint density at radius 2 is 1.93 bits per heavy atom. The summed E-state index contributed by atoms with van der Waals surface area (Å²) < 4.78 is 37.2. The van der Waals surface area contributed by atoms with E-state index in [1.807, 2.05) is 13.8 Å². The number of methoxy groups -OCH3 is 1. The Kier molecular flexibility index (Phi) is 16.0. The van der Waals surface area contributed by atoms with Crippen LogP contribution in [0.5, 0.6) is 0 Å². The van der Waals surface area contributed by atoms with Crippen LogP contribution in [0, 0.1) is 11.7 Å². The first-order valence-electron chi connectivity index (χ1n) is 15.9. The smallest absolute Gasteiger partial charge is 0.256 e. The van der Waals surface area contributed by atoms with E-state index in [9.17, 15) is 24.2 Å². The molecule has 3 rings (SSSR count). The molecule has 1 aromatic rings. The largest absolute Gasteiger partial charge is 0.388 e. The summed E-state index contributed by atoms with van der Waals surface area (Å²) in [4.78, 5) is 30.7. The van der Waals surface area contributed by atoms with Gasteiger partial charge in [0.2, 0.25) is 5.91 Å². The number of ether oxygens (including phenoxy) is 4. The fourth-order valence-corrected chi connectivity index (χ4v) is 5.66. The highest BCUT2D eigenvalue weighted by Gasteiger charge is 2.34. The van der Waals surface area contributed by atoms with Gasteiger partial charge in [0.25, 0.3) is 5.91 Å². The van der Waals surface area contributed by atoms with Crippen LogP contribution in [0.25, 0.3) is 0 Å². The van der Waals surface area contributed by atoms with E-state index in [0.29, 0.717) is 52.2 Å². The summed E-state index contributed by atoms with van der Waals surface area (Å²) in [5.74, 6) is -1.18. The van der Waals surface area contributed by atoms with Crippen LogP contribution in [0.15, 0.2) is 24.3 Å². The predicted octanol–water partition coefficient (Wildman–Crippen LogP) is 1.84. The third-order valence-corrected chi connectivity index (χ3v) is 8.06. The average Bonchev–Trinajstić information content (AvgIpc) is 3.52. The topological polar surface area (TPSA) is 130 Å². The van der Waals surface area contributed by atoms with Crippen LogP contribution >= 0.6 is 0 Å². The van der Waals surface area contributed by atoms with Crippen molar-refractivity contribution in [1.82, 2.24) is 15.1 Å². The predicted molar refractivity (Wildman–Crippen MR) is 163 cm³/mol. The van der Waals surface area contributed by atoms with Crippen molar-refractivity contribution in [2.45, 2.75) is 76.4 Å². The van der Waals surface area contributed by atoms with Crippen molar-refractivity contribution in [1.29, 1.82) is 0 Å². The number of aliphatic hydroxyl groups is 2. The maximum Gasteiger partial charge on any atom is 0.256 e. The number of rotatable bonds is 11. The number of hydrogen-bond acceptors (Lipinski definition) is 9. The molecule has 44 heavy (non-hydrogen) atoms. The maximum atomic E-state index is 14.8. The van der Waals surface area contributed by atoms with Gasteiger partial charge < -0.3 is 44.3 Å². The minimum Gasteiger partial charge on any atom is -0.388 e. The molecule has 0 saturated carbocycles. The lowest BCUT2D eigenvalue weighted by Crippen LogP contribution is -2.55. The molecular formula is C32H52FN3O8. The molecular weight excluding hydrogens is 573 g/mol. The molecule has 0 bridgehead atoms. The summed E-state index contributed by atoms with van der Waals surface area (Å²) in [7, 11) is 1.38. The maximum absolute atomic E-state index is 14.8. The summed E-state index contributed by atoms with van der Waals surface area (Å²) in [5, 5.41) is 24.6. The molecule has 2 saturated heterocycles. The van der Waals surface area contributed by atoms with Crippen molar-refractivity contribution < 1.29 is 43.1 Å². The van der Waals surface area contributed by atoms with Gasteiger partial charge in [0.1, 0.15) is 24.1 Å². The van der Waals surface area contributed by atoms with Crippen molar-refractivity contribution in [3.8, 4) is 0 Å². The zero-order valence-corrected chi connectivity index (χ0v) is 26.5. The summed E-state index contributed by atoms with van der Waals surface area (Å²) in [6.07, 6.45) is 0.505.